The van der Waals surface area contributed by atoms with Crippen molar-refractivity contribution in [3.63, 3.8) is 0 Å². The molecule has 0 amide bonds. The average molecular weight is 269 g/mol. The largest absolute Gasteiger partial charge is 0.460 e. The van der Waals surface area contributed by atoms with Crippen LogP contribution in [0.4, 0.5) is 0 Å². The summed E-state index contributed by atoms with van der Waals surface area (Å²) in [6, 6.07) is -0.490. The highest BCUT2D eigenvalue weighted by atomic mass is 16.5. The van der Waals surface area contributed by atoms with Gasteiger partial charge in [-0.25, -0.2) is 0 Å². The van der Waals surface area contributed by atoms with Crippen LogP contribution in [0.2, 0.25) is 0 Å². The summed E-state index contributed by atoms with van der Waals surface area (Å²) in [5, 5.41) is 0. The third kappa shape index (κ3) is 6.34. The van der Waals surface area contributed by atoms with Gasteiger partial charge in [-0.15, -0.1) is 0 Å². The Morgan fingerprint density at radius 3 is 2.47 bits per heavy atom. The van der Waals surface area contributed by atoms with Crippen LogP contribution in [0.25, 0.3) is 0 Å². The molecule has 3 atom stereocenters. The quantitative estimate of drug-likeness (QED) is 0.500. The molecule has 0 N–H and O–H groups in total. The zero-order chi connectivity index (χ0) is 16.6. The Kier molecular flexibility index (Phi) is 6.37. The Morgan fingerprint density at radius 2 is 2.05 bits per heavy atom. The smallest absolute Gasteiger partial charge is 0.302 e. The predicted octanol–water partition coefficient (Wildman–Crippen LogP) is 2.21. The van der Waals surface area contributed by atoms with E-state index in [1.165, 1.54) is 19.9 Å². The first-order valence-electron chi connectivity index (χ1n) is 7.31. The van der Waals surface area contributed by atoms with Gasteiger partial charge in [0.1, 0.15) is 12.1 Å². The number of nitrogens with zero attached hydrogens (tertiary/aromatic N) is 1. The maximum absolute atomic E-state index is 11.8. The lowest BCUT2D eigenvalue weighted by atomic mass is 9.91. The molecule has 108 valence electrons. The monoisotopic (exact) mass is 269 g/mol. The number of hydrogen-bond donors (Lipinski definition) is 0. The van der Waals surface area contributed by atoms with E-state index in [0.717, 1.165) is 0 Å². The fourth-order valence-corrected chi connectivity index (χ4v) is 2.07. The second-order valence-electron chi connectivity index (χ2n) is 4.90. The Balaban J connectivity index is 5.03. The zero-order valence-electron chi connectivity index (χ0n) is 14.3. The summed E-state index contributed by atoms with van der Waals surface area (Å²) in [5.41, 5.74) is 0. The SMILES string of the molecule is [2H]C([2H])=C/C=C/C[C@@H](C)C(OC(C)=O)[C@@H](C(C)=O)N(C)C. The molecule has 0 aromatic rings. The maximum Gasteiger partial charge on any atom is 0.302 e. The molecule has 0 aromatic carbocycles. The van der Waals surface area contributed by atoms with Crippen LogP contribution in [0.3, 0.4) is 0 Å². The van der Waals surface area contributed by atoms with E-state index in [1.807, 2.05) is 6.92 Å². The van der Waals surface area contributed by atoms with Crippen LogP contribution in [0, 0.1) is 5.92 Å². The molecule has 0 heterocycles. The first-order chi connectivity index (χ1) is 9.66. The van der Waals surface area contributed by atoms with E-state index in [2.05, 4.69) is 0 Å². The molecule has 0 saturated carbocycles. The van der Waals surface area contributed by atoms with Crippen molar-refractivity contribution in [1.82, 2.24) is 4.90 Å². The number of carbonyl (C=O) groups is 2. The molecule has 0 spiro atoms. The number of hydrogen-bond acceptors (Lipinski definition) is 4. The third-order valence-corrected chi connectivity index (χ3v) is 2.89. The molecule has 4 heteroatoms. The second-order valence-corrected chi connectivity index (χ2v) is 4.90. The topological polar surface area (TPSA) is 46.6 Å². The number of rotatable bonds is 8. The number of esters is 1. The van der Waals surface area contributed by atoms with Gasteiger partial charge in [-0.3, -0.25) is 14.5 Å². The lowest BCUT2D eigenvalue weighted by Gasteiger charge is -2.33. The van der Waals surface area contributed by atoms with E-state index in [4.69, 9.17) is 7.48 Å². The van der Waals surface area contributed by atoms with Gasteiger partial charge < -0.3 is 4.74 Å². The lowest BCUT2D eigenvalue weighted by Crippen LogP contribution is -2.49. The molecule has 0 bridgehead atoms. The van der Waals surface area contributed by atoms with Gasteiger partial charge in [0.05, 0.1) is 2.74 Å². The Morgan fingerprint density at radius 1 is 1.42 bits per heavy atom. The highest BCUT2D eigenvalue weighted by Crippen LogP contribution is 2.20. The van der Waals surface area contributed by atoms with Crippen molar-refractivity contribution < 1.29 is 17.1 Å². The van der Waals surface area contributed by atoms with Crippen LogP contribution in [-0.2, 0) is 14.3 Å². The van der Waals surface area contributed by atoms with Gasteiger partial charge in [-0.05, 0) is 33.4 Å². The van der Waals surface area contributed by atoms with Gasteiger partial charge in [0.25, 0.3) is 0 Å². The third-order valence-electron chi connectivity index (χ3n) is 2.89. The molecule has 0 aliphatic rings. The summed E-state index contributed by atoms with van der Waals surface area (Å²) >= 11 is 0. The van der Waals surface area contributed by atoms with Gasteiger partial charge >= 0.3 is 5.97 Å². The summed E-state index contributed by atoms with van der Waals surface area (Å²) in [6.07, 6.45) is 4.84. The van der Waals surface area contributed by atoms with E-state index in [9.17, 15) is 9.59 Å². The number of ether oxygens (including phenoxy) is 1. The van der Waals surface area contributed by atoms with E-state index < -0.39 is 18.1 Å². The highest BCUT2D eigenvalue weighted by Gasteiger charge is 2.33. The standard InChI is InChI=1S/C15H25NO3/c1-7-8-9-10-11(2)15(19-13(4)18)14(12(3)17)16(5)6/h7-9,11,14-15H,1,10H2,2-6H3/b9-8+/t11-,14-,15?/m1/s1/i1D2. The van der Waals surface area contributed by atoms with E-state index in [0.29, 0.717) is 6.42 Å². The fourth-order valence-electron chi connectivity index (χ4n) is 2.07. The van der Waals surface area contributed by atoms with Gasteiger partial charge in [0, 0.05) is 6.92 Å². The number of ketones is 1. The molecule has 1 unspecified atom stereocenters. The first kappa shape index (κ1) is 14.0. The van der Waals surface area contributed by atoms with Crippen LogP contribution in [0.1, 0.15) is 29.9 Å². The number of likely N-dealkylation sites (N-methyl/N-ethyl adjacent to an activating group) is 1. The Labute approximate surface area is 118 Å². The molecular formula is C15H25NO3. The molecule has 0 fully saturated rings. The van der Waals surface area contributed by atoms with Crippen LogP contribution >= 0.6 is 0 Å². The van der Waals surface area contributed by atoms with Crippen molar-refractivity contribution in [2.24, 2.45) is 5.92 Å². The van der Waals surface area contributed by atoms with Crippen molar-refractivity contribution in [2.75, 3.05) is 14.1 Å². The number of carbonyl (C=O) groups excluding carboxylic acids is 2. The van der Waals surface area contributed by atoms with Crippen molar-refractivity contribution in [1.29, 1.82) is 0 Å². The van der Waals surface area contributed by atoms with Crippen LogP contribution in [0.5, 0.6) is 0 Å². The molecule has 0 saturated heterocycles. The van der Waals surface area contributed by atoms with E-state index in [1.54, 1.807) is 31.1 Å². The average Bonchev–Trinajstić information content (AvgIpc) is 2.31. The minimum absolute atomic E-state index is 0.0541. The zero-order valence-corrected chi connectivity index (χ0v) is 12.3. The summed E-state index contributed by atoms with van der Waals surface area (Å²) in [6.45, 7) is 4.45. The van der Waals surface area contributed by atoms with Crippen LogP contribution in [0.15, 0.2) is 24.8 Å². The lowest BCUT2D eigenvalue weighted by molar-refractivity contribution is -0.154. The van der Waals surface area contributed by atoms with Crippen LogP contribution < -0.4 is 0 Å². The van der Waals surface area contributed by atoms with Gasteiger partial charge in [-0.2, -0.15) is 0 Å². The second kappa shape index (κ2) is 8.64. The van der Waals surface area contributed by atoms with E-state index >= 15 is 0 Å². The first-order valence-corrected chi connectivity index (χ1v) is 6.31. The summed E-state index contributed by atoms with van der Waals surface area (Å²) < 4.78 is 19.3. The summed E-state index contributed by atoms with van der Waals surface area (Å²) in [5.74, 6) is -0.528. The van der Waals surface area contributed by atoms with Crippen molar-refractivity contribution >= 4 is 11.8 Å². The molecule has 0 aliphatic heterocycles. The Hall–Kier alpha value is -1.42. The molecular weight excluding hydrogens is 242 g/mol. The summed E-state index contributed by atoms with van der Waals surface area (Å²) in [4.78, 5) is 24.9. The molecule has 0 radical (unpaired) electrons. The van der Waals surface area contributed by atoms with Gasteiger partial charge in [0.2, 0.25) is 0 Å². The van der Waals surface area contributed by atoms with E-state index in [-0.39, 0.29) is 18.2 Å². The van der Waals surface area contributed by atoms with Gasteiger partial charge in [0.15, 0.2) is 5.78 Å². The number of allylic oxidation sites excluding steroid dienone is 3. The van der Waals surface area contributed by atoms with Crippen molar-refractivity contribution in [3.05, 3.63) is 24.8 Å². The van der Waals surface area contributed by atoms with Crippen LogP contribution in [-0.4, -0.2) is 42.9 Å². The molecule has 4 nitrogen and oxygen atoms in total. The summed E-state index contributed by atoms with van der Waals surface area (Å²) in [7, 11) is 3.56. The minimum Gasteiger partial charge on any atom is -0.460 e. The predicted molar refractivity (Wildman–Crippen MR) is 76.8 cm³/mol. The minimum atomic E-state index is -0.532. The fraction of sp³-hybridized carbons (Fsp3) is 0.600. The molecule has 19 heavy (non-hydrogen) atoms. The normalized spacial score (nSPS) is 17.4. The van der Waals surface area contributed by atoms with Gasteiger partial charge in [-0.1, -0.05) is 31.7 Å². The van der Waals surface area contributed by atoms with Crippen molar-refractivity contribution in [3.8, 4) is 0 Å². The maximum atomic E-state index is 11.8. The highest BCUT2D eigenvalue weighted by molar-refractivity contribution is 5.82. The Bertz CT molecular complexity index is 415. The van der Waals surface area contributed by atoms with Crippen molar-refractivity contribution in [2.45, 2.75) is 39.3 Å². The molecule has 0 rings (SSSR count). The molecule has 0 aliphatic carbocycles. The number of Topliss-reactive ketones (excluding diaryl/α,β-unsaturated/α-hetero) is 1. The molecule has 0 aromatic heterocycles.